The van der Waals surface area contributed by atoms with Crippen LogP contribution in [0.3, 0.4) is 0 Å². The molecule has 2 aromatic rings. The van der Waals surface area contributed by atoms with Crippen molar-refractivity contribution in [2.75, 3.05) is 25.1 Å². The van der Waals surface area contributed by atoms with Gasteiger partial charge in [-0.1, -0.05) is 42.5 Å². The molecule has 2 rings (SSSR count). The number of aryl methyl sites for hydroxylation is 1. The maximum atomic E-state index is 11.8. The molecule has 0 radical (unpaired) electrons. The third kappa shape index (κ3) is 5.24. The number of rotatable bonds is 7. The number of hydrogen-bond donors (Lipinski definition) is 0. The molecular weight excluding hydrogens is 274 g/mol. The van der Waals surface area contributed by atoms with E-state index in [1.807, 2.05) is 49.5 Å². The fourth-order valence-electron chi connectivity index (χ4n) is 2.25. The van der Waals surface area contributed by atoms with Gasteiger partial charge in [0.05, 0.1) is 13.0 Å². The zero-order chi connectivity index (χ0) is 15.8. The highest BCUT2D eigenvalue weighted by Gasteiger charge is 2.07. The Kier molecular flexibility index (Phi) is 6.01. The summed E-state index contributed by atoms with van der Waals surface area (Å²) in [5, 5.41) is 0. The molecule has 0 N–H and O–H groups in total. The fourth-order valence-corrected chi connectivity index (χ4v) is 2.25. The van der Waals surface area contributed by atoms with E-state index in [1.165, 1.54) is 11.1 Å². The first-order valence-corrected chi connectivity index (χ1v) is 7.62. The predicted octanol–water partition coefficient (Wildman–Crippen LogP) is 3.61. The normalized spacial score (nSPS) is 10.3. The van der Waals surface area contributed by atoms with Crippen molar-refractivity contribution >= 4 is 11.7 Å². The minimum absolute atomic E-state index is 0.143. The van der Waals surface area contributed by atoms with Gasteiger partial charge in [-0.05, 0) is 30.2 Å². The summed E-state index contributed by atoms with van der Waals surface area (Å²) in [5.41, 5.74) is 3.53. The van der Waals surface area contributed by atoms with Crippen molar-refractivity contribution in [3.8, 4) is 0 Å². The van der Waals surface area contributed by atoms with E-state index in [1.54, 1.807) is 0 Å². The van der Waals surface area contributed by atoms with Crippen LogP contribution < -0.4 is 4.90 Å². The van der Waals surface area contributed by atoms with Gasteiger partial charge < -0.3 is 9.64 Å². The van der Waals surface area contributed by atoms with E-state index >= 15 is 0 Å². The Labute approximate surface area is 132 Å². The number of benzene rings is 2. The Balaban J connectivity index is 1.69. The van der Waals surface area contributed by atoms with Gasteiger partial charge >= 0.3 is 5.97 Å². The molecule has 0 saturated heterocycles. The minimum atomic E-state index is -0.143. The smallest absolute Gasteiger partial charge is 0.307 e. The molecule has 0 heterocycles. The Morgan fingerprint density at radius 2 is 1.86 bits per heavy atom. The van der Waals surface area contributed by atoms with Gasteiger partial charge in [-0.2, -0.15) is 0 Å². The second-order valence-corrected chi connectivity index (χ2v) is 5.47. The van der Waals surface area contributed by atoms with Crippen LogP contribution in [0, 0.1) is 6.92 Å². The average molecular weight is 297 g/mol. The number of esters is 1. The van der Waals surface area contributed by atoms with E-state index in [2.05, 4.69) is 24.0 Å². The van der Waals surface area contributed by atoms with Crippen LogP contribution in [0.25, 0.3) is 0 Å². The summed E-state index contributed by atoms with van der Waals surface area (Å²) in [6.07, 6.45) is 1.17. The van der Waals surface area contributed by atoms with Gasteiger partial charge in [0.15, 0.2) is 0 Å². The van der Waals surface area contributed by atoms with Crippen LogP contribution in [-0.2, 0) is 16.0 Å². The molecule has 0 aliphatic rings. The molecule has 22 heavy (non-hydrogen) atoms. The van der Waals surface area contributed by atoms with Gasteiger partial charge in [0.25, 0.3) is 0 Å². The first kappa shape index (κ1) is 16.1. The monoisotopic (exact) mass is 297 g/mol. The molecule has 0 aliphatic carbocycles. The highest BCUT2D eigenvalue weighted by atomic mass is 16.5. The molecule has 3 nitrogen and oxygen atoms in total. The van der Waals surface area contributed by atoms with Gasteiger partial charge in [-0.15, -0.1) is 0 Å². The Bertz CT molecular complexity index is 595. The van der Waals surface area contributed by atoms with Crippen LogP contribution in [-0.4, -0.2) is 26.2 Å². The zero-order valence-electron chi connectivity index (χ0n) is 13.3. The lowest BCUT2D eigenvalue weighted by molar-refractivity contribution is -0.143. The number of carbonyl (C=O) groups excluding carboxylic acids is 1. The van der Waals surface area contributed by atoms with E-state index in [9.17, 15) is 4.79 Å². The summed E-state index contributed by atoms with van der Waals surface area (Å²) < 4.78 is 5.29. The van der Waals surface area contributed by atoms with Crippen LogP contribution in [0.15, 0.2) is 54.6 Å². The number of carbonyl (C=O) groups is 1. The number of anilines is 1. The third-order valence-electron chi connectivity index (χ3n) is 3.59. The highest BCUT2D eigenvalue weighted by Crippen LogP contribution is 2.14. The highest BCUT2D eigenvalue weighted by molar-refractivity contribution is 5.70. The average Bonchev–Trinajstić information content (AvgIpc) is 2.53. The van der Waals surface area contributed by atoms with E-state index in [0.29, 0.717) is 19.6 Å². The van der Waals surface area contributed by atoms with Gasteiger partial charge in [0.1, 0.15) is 0 Å². The zero-order valence-corrected chi connectivity index (χ0v) is 13.3. The van der Waals surface area contributed by atoms with Crippen LogP contribution in [0.5, 0.6) is 0 Å². The summed E-state index contributed by atoms with van der Waals surface area (Å²) in [6.45, 7) is 3.17. The van der Waals surface area contributed by atoms with Crippen molar-refractivity contribution < 1.29 is 9.53 Å². The van der Waals surface area contributed by atoms with Crippen molar-refractivity contribution in [1.29, 1.82) is 0 Å². The van der Waals surface area contributed by atoms with E-state index in [4.69, 9.17) is 4.74 Å². The first-order valence-electron chi connectivity index (χ1n) is 7.62. The van der Waals surface area contributed by atoms with Crippen molar-refractivity contribution in [2.45, 2.75) is 19.8 Å². The molecular formula is C19H23NO2. The van der Waals surface area contributed by atoms with E-state index in [-0.39, 0.29) is 5.97 Å². The Morgan fingerprint density at radius 1 is 1.09 bits per heavy atom. The van der Waals surface area contributed by atoms with E-state index in [0.717, 1.165) is 12.1 Å². The number of hydrogen-bond acceptors (Lipinski definition) is 3. The summed E-state index contributed by atoms with van der Waals surface area (Å²) in [4.78, 5) is 13.9. The fraction of sp³-hybridized carbons (Fsp3) is 0.316. The predicted molar refractivity (Wildman–Crippen MR) is 90.2 cm³/mol. The van der Waals surface area contributed by atoms with Crippen molar-refractivity contribution in [3.05, 3.63) is 65.7 Å². The van der Waals surface area contributed by atoms with Gasteiger partial charge in [0, 0.05) is 25.7 Å². The molecule has 116 valence electrons. The number of ether oxygens (including phenoxy) is 1. The van der Waals surface area contributed by atoms with Crippen LogP contribution in [0.1, 0.15) is 17.5 Å². The molecule has 0 saturated carbocycles. The second-order valence-electron chi connectivity index (χ2n) is 5.47. The third-order valence-corrected chi connectivity index (χ3v) is 3.59. The maximum Gasteiger partial charge on any atom is 0.307 e. The molecule has 0 amide bonds. The van der Waals surface area contributed by atoms with Gasteiger partial charge in [-0.3, -0.25) is 4.79 Å². The molecule has 2 aromatic carbocycles. The van der Waals surface area contributed by atoms with Crippen molar-refractivity contribution in [2.24, 2.45) is 0 Å². The van der Waals surface area contributed by atoms with Crippen molar-refractivity contribution in [1.82, 2.24) is 0 Å². The molecule has 0 aliphatic heterocycles. The molecule has 0 atom stereocenters. The topological polar surface area (TPSA) is 29.5 Å². The quantitative estimate of drug-likeness (QED) is 0.731. The minimum Gasteiger partial charge on any atom is -0.465 e. The lowest BCUT2D eigenvalue weighted by Gasteiger charge is -2.19. The standard InChI is InChI=1S/C19H23NO2/c1-16-7-6-10-18(15-16)20(2)13-11-19(21)22-14-12-17-8-4-3-5-9-17/h3-10,15H,11-14H2,1-2H3. The summed E-state index contributed by atoms with van der Waals surface area (Å²) >= 11 is 0. The molecule has 0 fully saturated rings. The molecule has 3 heteroatoms. The molecule has 0 aromatic heterocycles. The van der Waals surface area contributed by atoms with Crippen LogP contribution >= 0.6 is 0 Å². The molecule has 0 spiro atoms. The summed E-state index contributed by atoms with van der Waals surface area (Å²) in [7, 11) is 1.99. The molecule has 0 unspecified atom stereocenters. The largest absolute Gasteiger partial charge is 0.465 e. The lowest BCUT2D eigenvalue weighted by Crippen LogP contribution is -2.22. The maximum absolute atomic E-state index is 11.8. The van der Waals surface area contributed by atoms with Gasteiger partial charge in [0.2, 0.25) is 0 Å². The Hall–Kier alpha value is -2.29. The Morgan fingerprint density at radius 3 is 2.59 bits per heavy atom. The summed E-state index contributed by atoms with van der Waals surface area (Å²) in [5.74, 6) is -0.143. The summed E-state index contributed by atoms with van der Waals surface area (Å²) in [6, 6.07) is 18.3. The molecule has 0 bridgehead atoms. The SMILES string of the molecule is Cc1cccc(N(C)CCC(=O)OCCc2ccccc2)c1. The first-order chi connectivity index (χ1) is 10.6. The second kappa shape index (κ2) is 8.23. The lowest BCUT2D eigenvalue weighted by atomic mass is 10.2. The van der Waals surface area contributed by atoms with Crippen LogP contribution in [0.2, 0.25) is 0 Å². The van der Waals surface area contributed by atoms with Crippen LogP contribution in [0.4, 0.5) is 5.69 Å². The van der Waals surface area contributed by atoms with Crippen molar-refractivity contribution in [3.63, 3.8) is 0 Å². The van der Waals surface area contributed by atoms with E-state index < -0.39 is 0 Å². The van der Waals surface area contributed by atoms with Gasteiger partial charge in [-0.25, -0.2) is 0 Å². The number of nitrogens with zero attached hydrogens (tertiary/aromatic N) is 1.